The van der Waals surface area contributed by atoms with E-state index in [1.165, 1.54) is 30.1 Å². The van der Waals surface area contributed by atoms with Gasteiger partial charge in [-0.05, 0) is 18.2 Å². The van der Waals surface area contributed by atoms with Gasteiger partial charge in [0, 0.05) is 13.5 Å². The molecule has 1 amide bonds. The quantitative estimate of drug-likeness (QED) is 0.792. The van der Waals surface area contributed by atoms with Crippen LogP contribution in [0.5, 0.6) is 0 Å². The molecular weight excluding hydrogens is 271 g/mol. The van der Waals surface area contributed by atoms with Crippen molar-refractivity contribution in [2.75, 3.05) is 7.05 Å². The third-order valence-corrected chi connectivity index (χ3v) is 3.78. The van der Waals surface area contributed by atoms with Gasteiger partial charge in [-0.25, -0.2) is 9.38 Å². The van der Waals surface area contributed by atoms with Gasteiger partial charge in [-0.1, -0.05) is 17.8 Å². The van der Waals surface area contributed by atoms with Crippen molar-refractivity contribution in [3.63, 3.8) is 0 Å². The molecule has 1 aromatic carbocycles. The summed E-state index contributed by atoms with van der Waals surface area (Å²) >= 11 is 0.923. The number of carboxylic acids is 1. The predicted molar refractivity (Wildman–Crippen MR) is 67.3 cm³/mol. The van der Waals surface area contributed by atoms with Crippen molar-refractivity contribution in [1.82, 2.24) is 4.90 Å². The first-order valence-corrected chi connectivity index (χ1v) is 6.33. The Morgan fingerprint density at radius 2 is 2.32 bits per heavy atom. The zero-order valence-corrected chi connectivity index (χ0v) is 10.8. The van der Waals surface area contributed by atoms with Gasteiger partial charge in [-0.2, -0.15) is 0 Å². The molecule has 5 nitrogen and oxygen atoms in total. The molecule has 100 valence electrons. The number of amides is 1. The van der Waals surface area contributed by atoms with Crippen LogP contribution in [0.25, 0.3) is 0 Å². The highest BCUT2D eigenvalue weighted by Gasteiger charge is 2.30. The number of rotatable bonds is 2. The summed E-state index contributed by atoms with van der Waals surface area (Å²) in [5.41, 5.74) is 0.321. The molecule has 7 heteroatoms. The minimum absolute atomic E-state index is 0.133. The topological polar surface area (TPSA) is 72.8 Å². The Morgan fingerprint density at radius 1 is 1.58 bits per heavy atom. The number of aliphatic imine (C=N–C) groups is 1. The van der Waals surface area contributed by atoms with Crippen LogP contribution in [0.2, 0.25) is 0 Å². The molecule has 1 heterocycles. The zero-order valence-electron chi connectivity index (χ0n) is 10.00. The first-order valence-electron chi connectivity index (χ1n) is 5.45. The monoisotopic (exact) mass is 281 g/mol. The summed E-state index contributed by atoms with van der Waals surface area (Å²) in [6.07, 6.45) is -0.133. The van der Waals surface area contributed by atoms with E-state index < -0.39 is 17.0 Å². The molecule has 1 atom stereocenters. The Kier molecular flexibility index (Phi) is 3.84. The fraction of sp³-hybridized carbons (Fsp3) is 0.250. The van der Waals surface area contributed by atoms with Gasteiger partial charge in [-0.15, -0.1) is 0 Å². The number of aliphatic carboxylic acids is 1. The molecule has 1 fully saturated rings. The SMILES string of the molecule is CN1C(=O)C[C@@H](C(=O)[O-])SC1=Nc1cccc(F)c1. The fourth-order valence-corrected chi connectivity index (χ4v) is 2.53. The molecule has 1 saturated heterocycles. The van der Waals surface area contributed by atoms with Crippen molar-refractivity contribution in [1.29, 1.82) is 0 Å². The second-order valence-electron chi connectivity index (χ2n) is 3.96. The molecular formula is C12H10FN2O3S-. The highest BCUT2D eigenvalue weighted by Crippen LogP contribution is 2.27. The number of nitrogens with zero attached hydrogens (tertiary/aromatic N) is 2. The van der Waals surface area contributed by atoms with Gasteiger partial charge in [0.1, 0.15) is 5.82 Å². The van der Waals surface area contributed by atoms with Gasteiger partial charge in [0.2, 0.25) is 5.91 Å². The molecule has 0 bridgehead atoms. The van der Waals surface area contributed by atoms with E-state index in [4.69, 9.17) is 0 Å². The highest BCUT2D eigenvalue weighted by atomic mass is 32.2. The van der Waals surface area contributed by atoms with E-state index in [1.807, 2.05) is 0 Å². The number of carbonyl (C=O) groups is 2. The minimum atomic E-state index is -1.31. The Labute approximate surface area is 113 Å². The molecule has 0 radical (unpaired) electrons. The maximum absolute atomic E-state index is 13.0. The van der Waals surface area contributed by atoms with E-state index >= 15 is 0 Å². The first kappa shape index (κ1) is 13.5. The standard InChI is InChI=1S/C12H11FN2O3S/c1-15-10(16)6-9(11(17)18)19-12(15)14-8-4-2-3-7(13)5-8/h2-5,9H,6H2,1H3,(H,17,18)/p-1/t9-/m0/s1. The van der Waals surface area contributed by atoms with E-state index in [2.05, 4.69) is 4.99 Å². The van der Waals surface area contributed by atoms with Crippen molar-refractivity contribution < 1.29 is 19.1 Å². The zero-order chi connectivity index (χ0) is 14.0. The lowest BCUT2D eigenvalue weighted by Gasteiger charge is -2.29. The number of benzene rings is 1. The fourth-order valence-electron chi connectivity index (χ4n) is 1.54. The summed E-state index contributed by atoms with van der Waals surface area (Å²) < 4.78 is 13.0. The van der Waals surface area contributed by atoms with E-state index in [9.17, 15) is 19.1 Å². The Bertz CT molecular complexity index is 562. The molecule has 19 heavy (non-hydrogen) atoms. The van der Waals surface area contributed by atoms with Crippen LogP contribution in [0.15, 0.2) is 29.3 Å². The van der Waals surface area contributed by atoms with Crippen molar-refractivity contribution in [3.05, 3.63) is 30.1 Å². The van der Waals surface area contributed by atoms with Gasteiger partial charge in [-0.3, -0.25) is 9.69 Å². The summed E-state index contributed by atoms with van der Waals surface area (Å²) in [4.78, 5) is 27.8. The minimum Gasteiger partial charge on any atom is -0.549 e. The third-order valence-electron chi connectivity index (χ3n) is 2.56. The summed E-state index contributed by atoms with van der Waals surface area (Å²) in [5.74, 6) is -2.12. The van der Waals surface area contributed by atoms with E-state index in [0.717, 1.165) is 11.8 Å². The van der Waals surface area contributed by atoms with E-state index in [0.29, 0.717) is 5.69 Å². The van der Waals surface area contributed by atoms with E-state index in [-0.39, 0.29) is 17.5 Å². The molecule has 0 spiro atoms. The Balaban J connectivity index is 2.30. The molecule has 0 aliphatic carbocycles. The summed E-state index contributed by atoms with van der Waals surface area (Å²) in [6, 6.07) is 5.53. The van der Waals surface area contributed by atoms with Crippen molar-refractivity contribution in [3.8, 4) is 0 Å². The van der Waals surface area contributed by atoms with Crippen LogP contribution >= 0.6 is 11.8 Å². The Hall–Kier alpha value is -1.89. The van der Waals surface area contributed by atoms with Gasteiger partial charge in [0.05, 0.1) is 16.9 Å². The summed E-state index contributed by atoms with van der Waals surface area (Å²) in [7, 11) is 1.50. The molecule has 1 aromatic rings. The largest absolute Gasteiger partial charge is 0.549 e. The van der Waals surface area contributed by atoms with Gasteiger partial charge < -0.3 is 9.90 Å². The second-order valence-corrected chi connectivity index (χ2v) is 5.13. The third kappa shape index (κ3) is 3.11. The maximum atomic E-state index is 13.0. The maximum Gasteiger partial charge on any atom is 0.229 e. The molecule has 0 unspecified atom stereocenters. The normalized spacial score (nSPS) is 21.8. The lowest BCUT2D eigenvalue weighted by Crippen LogP contribution is -2.45. The van der Waals surface area contributed by atoms with Crippen LogP contribution in [-0.2, 0) is 9.59 Å². The van der Waals surface area contributed by atoms with Crippen molar-refractivity contribution in [2.24, 2.45) is 4.99 Å². The number of hydrogen-bond donors (Lipinski definition) is 0. The molecule has 1 aliphatic rings. The molecule has 2 rings (SSSR count). The van der Waals surface area contributed by atoms with E-state index in [1.54, 1.807) is 6.07 Å². The van der Waals surface area contributed by atoms with Crippen molar-refractivity contribution in [2.45, 2.75) is 11.7 Å². The number of amidine groups is 1. The van der Waals surface area contributed by atoms with Crippen LogP contribution in [0.1, 0.15) is 6.42 Å². The molecule has 0 aromatic heterocycles. The summed E-state index contributed by atoms with van der Waals surface area (Å²) in [5, 5.41) is 10.1. The summed E-state index contributed by atoms with van der Waals surface area (Å²) in [6.45, 7) is 0. The number of hydrogen-bond acceptors (Lipinski definition) is 5. The van der Waals surface area contributed by atoms with Crippen LogP contribution in [0.4, 0.5) is 10.1 Å². The lowest BCUT2D eigenvalue weighted by molar-refractivity contribution is -0.304. The highest BCUT2D eigenvalue weighted by molar-refractivity contribution is 8.15. The van der Waals surface area contributed by atoms with Gasteiger partial charge >= 0.3 is 0 Å². The molecule has 1 aliphatic heterocycles. The second kappa shape index (κ2) is 5.40. The van der Waals surface area contributed by atoms with Crippen LogP contribution in [-0.4, -0.2) is 34.2 Å². The molecule has 0 N–H and O–H groups in total. The lowest BCUT2D eigenvalue weighted by atomic mass is 10.3. The van der Waals surface area contributed by atoms with Crippen LogP contribution < -0.4 is 5.11 Å². The number of halogens is 1. The average Bonchev–Trinajstić information content (AvgIpc) is 2.34. The average molecular weight is 281 g/mol. The van der Waals surface area contributed by atoms with Gasteiger partial charge in [0.15, 0.2) is 5.17 Å². The Morgan fingerprint density at radius 3 is 2.95 bits per heavy atom. The predicted octanol–water partition coefficient (Wildman–Crippen LogP) is 0.527. The molecule has 0 saturated carbocycles. The van der Waals surface area contributed by atoms with Crippen LogP contribution in [0.3, 0.4) is 0 Å². The van der Waals surface area contributed by atoms with Gasteiger partial charge in [0.25, 0.3) is 0 Å². The van der Waals surface area contributed by atoms with Crippen molar-refractivity contribution >= 4 is 34.5 Å². The smallest absolute Gasteiger partial charge is 0.229 e. The first-order chi connectivity index (χ1) is 8.97. The van der Waals surface area contributed by atoms with Crippen LogP contribution in [0, 0.1) is 5.82 Å². The number of carboxylic acid groups (broad SMARTS) is 1. The number of carbonyl (C=O) groups excluding carboxylic acids is 2. The number of thioether (sulfide) groups is 1.